The van der Waals surface area contributed by atoms with Crippen LogP contribution in [-0.2, 0) is 24.4 Å². The topological polar surface area (TPSA) is 63.1 Å². The van der Waals surface area contributed by atoms with Crippen molar-refractivity contribution in [2.45, 2.75) is 33.5 Å². The molecule has 2 heterocycles. The Kier molecular flexibility index (Phi) is 7.15. The molecule has 1 amide bonds. The first kappa shape index (κ1) is 22.3. The Labute approximate surface area is 194 Å². The Balaban J connectivity index is 1.38. The number of carbonyl (C=O) groups is 1. The molecular formula is C27H29N5O. The fraction of sp³-hybridized carbons (Fsp3) is 0.222. The maximum atomic E-state index is 12.8. The number of amides is 1. The van der Waals surface area contributed by atoms with Gasteiger partial charge in [-0.3, -0.25) is 14.5 Å². The second kappa shape index (κ2) is 10.6. The molecule has 0 fully saturated rings. The van der Waals surface area contributed by atoms with E-state index in [0.29, 0.717) is 19.6 Å². The first-order valence-corrected chi connectivity index (χ1v) is 11.1. The second-order valence-electron chi connectivity index (χ2n) is 8.23. The predicted octanol–water partition coefficient (Wildman–Crippen LogP) is 4.27. The van der Waals surface area contributed by atoms with Gasteiger partial charge in [0, 0.05) is 36.9 Å². The summed E-state index contributed by atoms with van der Waals surface area (Å²) in [6.07, 6.45) is 3.59. The van der Waals surface area contributed by atoms with E-state index in [1.54, 1.807) is 6.20 Å². The summed E-state index contributed by atoms with van der Waals surface area (Å²) in [7, 11) is 0. The first-order chi connectivity index (χ1) is 16.1. The minimum atomic E-state index is -0.0216. The molecule has 6 nitrogen and oxygen atoms in total. The maximum Gasteiger partial charge on any atom is 0.239 e. The number of anilines is 1. The zero-order valence-corrected chi connectivity index (χ0v) is 19.1. The van der Waals surface area contributed by atoms with Crippen LogP contribution < -0.4 is 10.2 Å². The molecule has 1 N–H and O–H groups in total. The van der Waals surface area contributed by atoms with Gasteiger partial charge in [-0.1, -0.05) is 48.5 Å². The van der Waals surface area contributed by atoms with Gasteiger partial charge in [0.1, 0.15) is 0 Å². The van der Waals surface area contributed by atoms with Crippen molar-refractivity contribution >= 4 is 11.6 Å². The van der Waals surface area contributed by atoms with E-state index in [1.165, 1.54) is 0 Å². The van der Waals surface area contributed by atoms with Crippen LogP contribution >= 0.6 is 0 Å². The zero-order valence-electron chi connectivity index (χ0n) is 19.1. The maximum absolute atomic E-state index is 12.8. The van der Waals surface area contributed by atoms with Crippen LogP contribution in [0.25, 0.3) is 0 Å². The second-order valence-corrected chi connectivity index (χ2v) is 8.23. The number of pyridine rings is 1. The Morgan fingerprint density at radius 3 is 2.45 bits per heavy atom. The Hall–Kier alpha value is -3.93. The van der Waals surface area contributed by atoms with Crippen molar-refractivity contribution in [2.75, 3.05) is 11.4 Å². The summed E-state index contributed by atoms with van der Waals surface area (Å²) in [6.45, 7) is 6.15. The number of hydrogen-bond acceptors (Lipinski definition) is 4. The standard InChI is InChI=1S/C27H29N5O/c1-21-14-22(2)32(30-21)19-24-9-6-8-23(15-24)17-29-27(33)20-31(26-11-4-3-5-12-26)18-25-10-7-13-28-16-25/h3-16H,17-20H2,1-2H3,(H,29,33). The lowest BCUT2D eigenvalue weighted by atomic mass is 10.1. The van der Waals surface area contributed by atoms with Crippen molar-refractivity contribution in [3.63, 3.8) is 0 Å². The van der Waals surface area contributed by atoms with Gasteiger partial charge in [0.05, 0.1) is 18.8 Å². The molecular weight excluding hydrogens is 410 g/mol. The first-order valence-electron chi connectivity index (χ1n) is 11.1. The van der Waals surface area contributed by atoms with Crippen LogP contribution in [0, 0.1) is 13.8 Å². The van der Waals surface area contributed by atoms with Crippen LogP contribution in [0.15, 0.2) is 85.2 Å². The molecule has 33 heavy (non-hydrogen) atoms. The third-order valence-corrected chi connectivity index (χ3v) is 5.47. The Bertz CT molecular complexity index is 1190. The molecule has 6 heteroatoms. The zero-order chi connectivity index (χ0) is 23.0. The molecule has 4 aromatic rings. The van der Waals surface area contributed by atoms with E-state index in [0.717, 1.165) is 33.8 Å². The summed E-state index contributed by atoms with van der Waals surface area (Å²) in [4.78, 5) is 19.1. The van der Waals surface area contributed by atoms with Crippen LogP contribution in [0.1, 0.15) is 28.1 Å². The van der Waals surface area contributed by atoms with Gasteiger partial charge in [-0.2, -0.15) is 5.10 Å². The number of para-hydroxylation sites is 1. The monoisotopic (exact) mass is 439 g/mol. The van der Waals surface area contributed by atoms with Crippen molar-refractivity contribution in [3.05, 3.63) is 113 Å². The molecule has 0 aliphatic rings. The largest absolute Gasteiger partial charge is 0.358 e. The number of aryl methyl sites for hydroxylation is 2. The lowest BCUT2D eigenvalue weighted by Crippen LogP contribution is -2.36. The molecule has 2 aromatic carbocycles. The molecule has 168 valence electrons. The number of carbonyl (C=O) groups excluding carboxylic acids is 1. The highest BCUT2D eigenvalue weighted by atomic mass is 16.2. The van der Waals surface area contributed by atoms with Gasteiger partial charge in [0.15, 0.2) is 0 Å². The normalized spacial score (nSPS) is 10.7. The Morgan fingerprint density at radius 2 is 1.73 bits per heavy atom. The van der Waals surface area contributed by atoms with Gasteiger partial charge < -0.3 is 10.2 Å². The smallest absolute Gasteiger partial charge is 0.239 e. The fourth-order valence-electron chi connectivity index (χ4n) is 3.87. The van der Waals surface area contributed by atoms with Crippen molar-refractivity contribution in [2.24, 2.45) is 0 Å². The van der Waals surface area contributed by atoms with E-state index in [9.17, 15) is 4.79 Å². The van der Waals surface area contributed by atoms with Crippen molar-refractivity contribution in [1.29, 1.82) is 0 Å². The van der Waals surface area contributed by atoms with E-state index in [2.05, 4.69) is 45.4 Å². The SMILES string of the molecule is Cc1cc(C)n(Cc2cccc(CNC(=O)CN(Cc3cccnc3)c3ccccc3)c2)n1. The van der Waals surface area contributed by atoms with Crippen LogP contribution in [0.4, 0.5) is 5.69 Å². The predicted molar refractivity (Wildman–Crippen MR) is 131 cm³/mol. The summed E-state index contributed by atoms with van der Waals surface area (Å²) in [5.74, 6) is -0.0216. The minimum Gasteiger partial charge on any atom is -0.358 e. The number of nitrogens with one attached hydrogen (secondary N) is 1. The highest BCUT2D eigenvalue weighted by Crippen LogP contribution is 2.16. The molecule has 0 aliphatic carbocycles. The number of nitrogens with zero attached hydrogens (tertiary/aromatic N) is 4. The van der Waals surface area contributed by atoms with Crippen LogP contribution in [0.2, 0.25) is 0 Å². The molecule has 0 unspecified atom stereocenters. The van der Waals surface area contributed by atoms with E-state index in [-0.39, 0.29) is 12.5 Å². The van der Waals surface area contributed by atoms with E-state index >= 15 is 0 Å². The fourth-order valence-corrected chi connectivity index (χ4v) is 3.87. The third kappa shape index (κ3) is 6.29. The van der Waals surface area contributed by atoms with E-state index < -0.39 is 0 Å². The third-order valence-electron chi connectivity index (χ3n) is 5.47. The minimum absolute atomic E-state index is 0.0216. The van der Waals surface area contributed by atoms with Gasteiger partial charge in [0.25, 0.3) is 0 Å². The molecule has 0 saturated carbocycles. The van der Waals surface area contributed by atoms with Crippen LogP contribution in [-0.4, -0.2) is 27.2 Å². The summed E-state index contributed by atoms with van der Waals surface area (Å²) in [6, 6.07) is 24.3. The average Bonchev–Trinajstić information content (AvgIpc) is 3.15. The highest BCUT2D eigenvalue weighted by molar-refractivity contribution is 5.81. The van der Waals surface area contributed by atoms with Gasteiger partial charge in [-0.25, -0.2) is 0 Å². The molecule has 4 rings (SSSR count). The number of rotatable bonds is 9. The van der Waals surface area contributed by atoms with Crippen molar-refractivity contribution in [3.8, 4) is 0 Å². The van der Waals surface area contributed by atoms with Gasteiger partial charge in [-0.15, -0.1) is 0 Å². The number of hydrogen-bond donors (Lipinski definition) is 1. The Morgan fingerprint density at radius 1 is 0.939 bits per heavy atom. The van der Waals surface area contributed by atoms with Gasteiger partial charge in [0.2, 0.25) is 5.91 Å². The lowest BCUT2D eigenvalue weighted by Gasteiger charge is -2.24. The summed E-state index contributed by atoms with van der Waals surface area (Å²) >= 11 is 0. The van der Waals surface area contributed by atoms with E-state index in [1.807, 2.05) is 72.4 Å². The molecule has 0 bridgehead atoms. The van der Waals surface area contributed by atoms with Gasteiger partial charge >= 0.3 is 0 Å². The molecule has 0 aliphatic heterocycles. The number of benzene rings is 2. The van der Waals surface area contributed by atoms with E-state index in [4.69, 9.17) is 0 Å². The molecule has 0 spiro atoms. The summed E-state index contributed by atoms with van der Waals surface area (Å²) in [5.41, 5.74) is 6.46. The summed E-state index contributed by atoms with van der Waals surface area (Å²) in [5, 5.41) is 7.62. The van der Waals surface area contributed by atoms with Crippen LogP contribution in [0.5, 0.6) is 0 Å². The molecule has 0 radical (unpaired) electrons. The lowest BCUT2D eigenvalue weighted by molar-refractivity contribution is -0.119. The highest BCUT2D eigenvalue weighted by Gasteiger charge is 2.12. The number of aromatic nitrogens is 3. The van der Waals surface area contributed by atoms with Crippen LogP contribution in [0.3, 0.4) is 0 Å². The summed E-state index contributed by atoms with van der Waals surface area (Å²) < 4.78 is 2.00. The van der Waals surface area contributed by atoms with Crippen molar-refractivity contribution in [1.82, 2.24) is 20.1 Å². The molecule has 0 saturated heterocycles. The molecule has 0 atom stereocenters. The average molecular weight is 440 g/mol. The van der Waals surface area contributed by atoms with Gasteiger partial charge in [-0.05, 0) is 54.8 Å². The molecule has 2 aromatic heterocycles. The van der Waals surface area contributed by atoms with Crippen molar-refractivity contribution < 1.29 is 4.79 Å². The quantitative estimate of drug-likeness (QED) is 0.423.